The molecule has 5 rings (SSSR count). The van der Waals surface area contributed by atoms with Crippen LogP contribution in [0, 0.1) is 40.4 Å². The zero-order valence-electron chi connectivity index (χ0n) is 12.6. The van der Waals surface area contributed by atoms with E-state index in [1.165, 1.54) is 4.90 Å². The summed E-state index contributed by atoms with van der Waals surface area (Å²) in [4.78, 5) is 27.2. The minimum atomic E-state index is -0.158. The van der Waals surface area contributed by atoms with Crippen LogP contribution in [0.15, 0.2) is 36.4 Å². The van der Waals surface area contributed by atoms with Crippen LogP contribution < -0.4 is 0 Å². The van der Waals surface area contributed by atoms with E-state index < -0.39 is 0 Å². The Labute approximate surface area is 134 Å². The van der Waals surface area contributed by atoms with E-state index in [-0.39, 0.29) is 47.4 Å². The number of amides is 2. The zero-order valence-corrected chi connectivity index (χ0v) is 12.6. The molecule has 0 aromatic heterocycles. The van der Waals surface area contributed by atoms with Gasteiger partial charge in [0.1, 0.15) is 0 Å². The van der Waals surface area contributed by atoms with Crippen LogP contribution in [0.4, 0.5) is 0 Å². The number of imide groups is 1. The Hall–Kier alpha value is -2.41. The molecule has 3 fully saturated rings. The van der Waals surface area contributed by atoms with E-state index in [4.69, 9.17) is 0 Å². The predicted octanol–water partition coefficient (Wildman–Crippen LogP) is 2.26. The van der Waals surface area contributed by atoms with Gasteiger partial charge in [0, 0.05) is 0 Å². The number of carbonyl (C=O) groups is 2. The van der Waals surface area contributed by atoms with Crippen LogP contribution in [0.2, 0.25) is 0 Å². The number of hydrogen-bond donors (Lipinski definition) is 0. The lowest BCUT2D eigenvalue weighted by atomic mass is 9.85. The summed E-state index contributed by atoms with van der Waals surface area (Å²) in [5.41, 5.74) is 1.51. The van der Waals surface area contributed by atoms with Crippen LogP contribution in [-0.2, 0) is 16.1 Å². The molecule has 4 atom stereocenters. The van der Waals surface area contributed by atoms with Crippen molar-refractivity contribution in [2.75, 3.05) is 0 Å². The quantitative estimate of drug-likeness (QED) is 0.622. The van der Waals surface area contributed by atoms with Gasteiger partial charge in [-0.15, -0.1) is 0 Å². The van der Waals surface area contributed by atoms with Gasteiger partial charge in [0.05, 0.1) is 30.0 Å². The van der Waals surface area contributed by atoms with E-state index in [1.807, 2.05) is 12.1 Å². The maximum Gasteiger partial charge on any atom is 0.234 e. The first-order chi connectivity index (χ1) is 11.2. The Bertz CT molecular complexity index is 781. The van der Waals surface area contributed by atoms with Crippen molar-refractivity contribution >= 4 is 11.8 Å². The fraction of sp³-hybridized carbons (Fsp3) is 0.421. The predicted molar refractivity (Wildman–Crippen MR) is 81.5 cm³/mol. The lowest BCUT2D eigenvalue weighted by Crippen LogP contribution is -2.34. The van der Waals surface area contributed by atoms with E-state index in [0.717, 1.165) is 18.4 Å². The minimum absolute atomic E-state index is 0.0316. The first-order valence-electron chi connectivity index (χ1n) is 8.19. The standard InChI is InChI=1S/C19H16N2O2/c20-9-11-3-1-2-4-12(11)10-21-17(22)15-13-5-6-14(16(15)18(21)23)19(13)7-8-19/h1-6,13-16H,7-8,10H2. The van der Waals surface area contributed by atoms with E-state index in [0.29, 0.717) is 5.56 Å². The number of likely N-dealkylation sites (tertiary alicyclic amines) is 1. The summed E-state index contributed by atoms with van der Waals surface area (Å²) in [7, 11) is 0. The average molecular weight is 304 g/mol. The average Bonchev–Trinajstić information content (AvgIpc) is 3.18. The number of rotatable bonds is 2. The maximum atomic E-state index is 12.9. The molecule has 1 aromatic rings. The largest absolute Gasteiger partial charge is 0.278 e. The molecule has 4 nitrogen and oxygen atoms in total. The van der Waals surface area contributed by atoms with Gasteiger partial charge < -0.3 is 0 Å². The Morgan fingerprint density at radius 1 is 1.09 bits per heavy atom. The Balaban J connectivity index is 1.48. The van der Waals surface area contributed by atoms with Crippen molar-refractivity contribution in [1.29, 1.82) is 5.26 Å². The summed E-state index contributed by atoms with van der Waals surface area (Å²) >= 11 is 0. The van der Waals surface area contributed by atoms with Gasteiger partial charge >= 0.3 is 0 Å². The van der Waals surface area contributed by atoms with Gasteiger partial charge in [-0.3, -0.25) is 14.5 Å². The van der Waals surface area contributed by atoms with Crippen molar-refractivity contribution < 1.29 is 9.59 Å². The third-order valence-electron chi connectivity index (χ3n) is 6.41. The number of benzene rings is 1. The molecule has 23 heavy (non-hydrogen) atoms. The first kappa shape index (κ1) is 13.1. The Morgan fingerprint density at radius 2 is 1.70 bits per heavy atom. The Kier molecular flexibility index (Phi) is 2.33. The molecule has 2 saturated carbocycles. The summed E-state index contributed by atoms with van der Waals surface area (Å²) in [6, 6.07) is 9.33. The molecule has 1 heterocycles. The van der Waals surface area contributed by atoms with Crippen molar-refractivity contribution in [3.05, 3.63) is 47.5 Å². The van der Waals surface area contributed by atoms with Crippen molar-refractivity contribution in [3.8, 4) is 6.07 Å². The molecular weight excluding hydrogens is 288 g/mol. The molecule has 1 aromatic carbocycles. The molecule has 2 bridgehead atoms. The van der Waals surface area contributed by atoms with Gasteiger partial charge in [-0.2, -0.15) is 5.26 Å². The van der Waals surface area contributed by atoms with Gasteiger partial charge in [-0.25, -0.2) is 0 Å². The fourth-order valence-corrected chi connectivity index (χ4v) is 5.23. The third-order valence-corrected chi connectivity index (χ3v) is 6.41. The fourth-order valence-electron chi connectivity index (χ4n) is 5.23. The van der Waals surface area contributed by atoms with Crippen molar-refractivity contribution in [2.45, 2.75) is 19.4 Å². The number of allylic oxidation sites excluding steroid dienone is 2. The highest BCUT2D eigenvalue weighted by atomic mass is 16.2. The van der Waals surface area contributed by atoms with Crippen LogP contribution in [-0.4, -0.2) is 16.7 Å². The molecule has 2 amide bonds. The van der Waals surface area contributed by atoms with Gasteiger partial charge in [0.25, 0.3) is 0 Å². The van der Waals surface area contributed by atoms with Gasteiger partial charge in [-0.05, 0) is 41.7 Å². The van der Waals surface area contributed by atoms with Gasteiger partial charge in [0.15, 0.2) is 0 Å². The van der Waals surface area contributed by atoms with Crippen LogP contribution >= 0.6 is 0 Å². The van der Waals surface area contributed by atoms with E-state index >= 15 is 0 Å². The van der Waals surface area contributed by atoms with E-state index in [1.54, 1.807) is 12.1 Å². The molecule has 114 valence electrons. The number of carbonyl (C=O) groups excluding carboxylic acids is 2. The van der Waals surface area contributed by atoms with Crippen molar-refractivity contribution in [3.63, 3.8) is 0 Å². The third kappa shape index (κ3) is 1.45. The van der Waals surface area contributed by atoms with E-state index in [2.05, 4.69) is 18.2 Å². The SMILES string of the molecule is N#Cc1ccccc1CN1C(=O)C2C(C1=O)C1C=CC2C12CC2. The normalized spacial score (nSPS) is 35.0. The van der Waals surface area contributed by atoms with Crippen LogP contribution in [0.3, 0.4) is 0 Å². The molecular formula is C19H16N2O2. The summed E-state index contributed by atoms with van der Waals surface area (Å²) in [6.45, 7) is 0.223. The topological polar surface area (TPSA) is 61.2 Å². The zero-order chi connectivity index (χ0) is 15.8. The molecule has 4 unspecified atom stereocenters. The molecule has 1 saturated heterocycles. The monoisotopic (exact) mass is 304 g/mol. The molecule has 3 aliphatic carbocycles. The first-order valence-corrected chi connectivity index (χ1v) is 8.19. The van der Waals surface area contributed by atoms with Gasteiger partial charge in [0.2, 0.25) is 11.8 Å². The second-order valence-electron chi connectivity index (χ2n) is 7.25. The van der Waals surface area contributed by atoms with E-state index in [9.17, 15) is 14.9 Å². The highest BCUT2D eigenvalue weighted by Gasteiger charge is 2.73. The van der Waals surface area contributed by atoms with Gasteiger partial charge in [-0.1, -0.05) is 30.4 Å². The summed E-state index contributed by atoms with van der Waals surface area (Å²) < 4.78 is 0. The lowest BCUT2D eigenvalue weighted by molar-refractivity contribution is -0.141. The molecule has 4 aliphatic rings. The molecule has 1 spiro atoms. The second-order valence-corrected chi connectivity index (χ2v) is 7.25. The highest BCUT2D eigenvalue weighted by molar-refractivity contribution is 6.06. The van der Waals surface area contributed by atoms with Crippen LogP contribution in [0.1, 0.15) is 24.0 Å². The molecule has 1 aliphatic heterocycles. The summed E-state index contributed by atoms with van der Waals surface area (Å²) in [6.07, 6.45) is 6.66. The smallest absolute Gasteiger partial charge is 0.234 e. The second kappa shape index (κ2) is 4.11. The van der Waals surface area contributed by atoms with Crippen molar-refractivity contribution in [2.24, 2.45) is 29.1 Å². The number of fused-ring (bicyclic) bond motifs is 3. The summed E-state index contributed by atoms with van der Waals surface area (Å²) in [5.74, 6) is 0.130. The number of nitriles is 1. The molecule has 4 heteroatoms. The number of nitrogens with zero attached hydrogens (tertiary/aromatic N) is 2. The minimum Gasteiger partial charge on any atom is -0.278 e. The highest BCUT2D eigenvalue weighted by Crippen LogP contribution is 2.73. The van der Waals surface area contributed by atoms with Crippen LogP contribution in [0.25, 0.3) is 0 Å². The van der Waals surface area contributed by atoms with Crippen molar-refractivity contribution in [1.82, 2.24) is 4.90 Å². The maximum absolute atomic E-state index is 12.9. The van der Waals surface area contributed by atoms with Crippen LogP contribution in [0.5, 0.6) is 0 Å². The molecule has 0 radical (unpaired) electrons. The summed E-state index contributed by atoms with van der Waals surface area (Å²) in [5, 5.41) is 9.21. The number of hydrogen-bond acceptors (Lipinski definition) is 3. The lowest BCUT2D eigenvalue weighted by Gasteiger charge is -2.22. The molecule has 0 N–H and O–H groups in total. The Morgan fingerprint density at radius 3 is 2.26 bits per heavy atom.